The van der Waals surface area contributed by atoms with Gasteiger partial charge in [-0.1, -0.05) is 12.1 Å². The number of benzene rings is 1. The molecular formula is C23H27N3O3S. The second-order valence-electron chi connectivity index (χ2n) is 7.75. The van der Waals surface area contributed by atoms with E-state index < -0.39 is 0 Å². The minimum absolute atomic E-state index is 0.0150. The number of amides is 1. The predicted octanol–water partition coefficient (Wildman–Crippen LogP) is 3.62. The minimum atomic E-state index is -0.0649. The summed E-state index contributed by atoms with van der Waals surface area (Å²) in [4.78, 5) is 31.7. The normalized spacial score (nSPS) is 13.2. The Hall–Kier alpha value is -2.67. The van der Waals surface area contributed by atoms with Gasteiger partial charge in [0.15, 0.2) is 0 Å². The highest BCUT2D eigenvalue weighted by atomic mass is 32.1. The number of rotatable bonds is 8. The molecule has 2 aromatic heterocycles. The first-order valence-electron chi connectivity index (χ1n) is 10.6. The topological polar surface area (TPSA) is 73.2 Å². The van der Waals surface area contributed by atoms with Gasteiger partial charge in [0.1, 0.15) is 10.6 Å². The van der Waals surface area contributed by atoms with E-state index >= 15 is 0 Å². The molecule has 0 saturated carbocycles. The molecule has 0 atom stereocenters. The number of nitrogens with one attached hydrogen (secondary N) is 1. The van der Waals surface area contributed by atoms with Crippen molar-refractivity contribution >= 4 is 27.5 Å². The van der Waals surface area contributed by atoms with Gasteiger partial charge in [-0.2, -0.15) is 0 Å². The zero-order valence-electron chi connectivity index (χ0n) is 17.3. The van der Waals surface area contributed by atoms with Crippen LogP contribution >= 0.6 is 11.3 Å². The van der Waals surface area contributed by atoms with Crippen LogP contribution in [0.1, 0.15) is 41.7 Å². The van der Waals surface area contributed by atoms with Crippen molar-refractivity contribution in [1.29, 1.82) is 0 Å². The third-order valence-corrected chi connectivity index (χ3v) is 6.62. The van der Waals surface area contributed by atoms with Gasteiger partial charge >= 0.3 is 0 Å². The quantitative estimate of drug-likeness (QED) is 0.560. The zero-order valence-corrected chi connectivity index (χ0v) is 18.1. The average Bonchev–Trinajstić information content (AvgIpc) is 3.12. The van der Waals surface area contributed by atoms with Crippen LogP contribution in [0.15, 0.2) is 35.4 Å². The number of hydrogen-bond donors (Lipinski definition) is 1. The lowest BCUT2D eigenvalue weighted by Gasteiger charge is -2.11. The fourth-order valence-corrected chi connectivity index (χ4v) is 5.07. The summed E-state index contributed by atoms with van der Waals surface area (Å²) in [7, 11) is 0. The van der Waals surface area contributed by atoms with E-state index in [0.29, 0.717) is 19.7 Å². The zero-order chi connectivity index (χ0) is 20.9. The molecule has 2 heterocycles. The molecule has 3 aromatic rings. The molecule has 1 aliphatic rings. The molecule has 1 amide bonds. The number of aryl methyl sites for hydroxylation is 4. The number of thiophene rings is 1. The fourth-order valence-electron chi connectivity index (χ4n) is 3.85. The smallest absolute Gasteiger partial charge is 0.262 e. The number of ether oxygens (including phenoxy) is 1. The molecule has 0 spiro atoms. The molecule has 1 aliphatic carbocycles. The van der Waals surface area contributed by atoms with E-state index in [-0.39, 0.29) is 17.9 Å². The summed E-state index contributed by atoms with van der Waals surface area (Å²) >= 11 is 1.65. The van der Waals surface area contributed by atoms with Crippen LogP contribution in [0.25, 0.3) is 10.2 Å². The van der Waals surface area contributed by atoms with Crippen LogP contribution in [-0.2, 0) is 24.2 Å². The lowest BCUT2D eigenvalue weighted by molar-refractivity contribution is -0.121. The highest BCUT2D eigenvalue weighted by Crippen LogP contribution is 2.33. The molecule has 4 rings (SSSR count). The lowest BCUT2D eigenvalue weighted by Crippen LogP contribution is -2.29. The van der Waals surface area contributed by atoms with Crippen LogP contribution in [0, 0.1) is 6.92 Å². The van der Waals surface area contributed by atoms with Gasteiger partial charge in [0.05, 0.1) is 18.3 Å². The van der Waals surface area contributed by atoms with E-state index in [1.165, 1.54) is 16.9 Å². The van der Waals surface area contributed by atoms with Crippen LogP contribution in [0.2, 0.25) is 0 Å². The molecule has 7 heteroatoms. The molecule has 30 heavy (non-hydrogen) atoms. The van der Waals surface area contributed by atoms with Crippen LogP contribution < -0.4 is 15.6 Å². The first-order chi connectivity index (χ1) is 14.6. The second kappa shape index (κ2) is 9.43. The maximum Gasteiger partial charge on any atom is 0.262 e. The van der Waals surface area contributed by atoms with E-state index in [1.807, 2.05) is 31.2 Å². The maximum absolute atomic E-state index is 12.9. The molecule has 6 nitrogen and oxygen atoms in total. The van der Waals surface area contributed by atoms with Gasteiger partial charge in [0.2, 0.25) is 5.91 Å². The first kappa shape index (κ1) is 20.6. The molecule has 0 bridgehead atoms. The van der Waals surface area contributed by atoms with Gasteiger partial charge in [0.25, 0.3) is 5.56 Å². The molecule has 0 radical (unpaired) electrons. The Bertz CT molecular complexity index is 1100. The van der Waals surface area contributed by atoms with E-state index in [9.17, 15) is 9.59 Å². The van der Waals surface area contributed by atoms with Gasteiger partial charge in [0, 0.05) is 24.4 Å². The number of carbonyl (C=O) groups is 1. The predicted molar refractivity (Wildman–Crippen MR) is 119 cm³/mol. The van der Waals surface area contributed by atoms with Gasteiger partial charge < -0.3 is 10.1 Å². The van der Waals surface area contributed by atoms with Crippen LogP contribution in [0.3, 0.4) is 0 Å². The van der Waals surface area contributed by atoms with E-state index in [0.717, 1.165) is 47.2 Å². The van der Waals surface area contributed by atoms with Crippen LogP contribution in [0.5, 0.6) is 5.75 Å². The summed E-state index contributed by atoms with van der Waals surface area (Å²) in [5.74, 6) is 0.782. The Kier molecular flexibility index (Phi) is 6.47. The Morgan fingerprint density at radius 3 is 3.03 bits per heavy atom. The Labute approximate surface area is 179 Å². The van der Waals surface area contributed by atoms with Crippen molar-refractivity contribution in [2.24, 2.45) is 0 Å². The molecule has 1 N–H and O–H groups in total. The van der Waals surface area contributed by atoms with Crippen molar-refractivity contribution in [3.63, 3.8) is 0 Å². The average molecular weight is 426 g/mol. The Morgan fingerprint density at radius 1 is 1.30 bits per heavy atom. The van der Waals surface area contributed by atoms with Crippen molar-refractivity contribution in [3.8, 4) is 5.75 Å². The van der Waals surface area contributed by atoms with Crippen LogP contribution in [0.4, 0.5) is 0 Å². The van der Waals surface area contributed by atoms with E-state index in [1.54, 1.807) is 22.2 Å². The number of hydrogen-bond acceptors (Lipinski definition) is 5. The van der Waals surface area contributed by atoms with E-state index in [2.05, 4.69) is 10.3 Å². The molecule has 0 aliphatic heterocycles. The largest absolute Gasteiger partial charge is 0.494 e. The SMILES string of the molecule is Cc1cccc(OCCCNC(=O)CCn2cnc3sc4c(c3c2=O)CCCC4)c1. The van der Waals surface area contributed by atoms with Gasteiger partial charge in [-0.15, -0.1) is 11.3 Å². The summed E-state index contributed by atoms with van der Waals surface area (Å²) in [5.41, 5.74) is 2.33. The minimum Gasteiger partial charge on any atom is -0.494 e. The van der Waals surface area contributed by atoms with Crippen molar-refractivity contribution in [2.45, 2.75) is 52.0 Å². The molecule has 0 saturated heterocycles. The van der Waals surface area contributed by atoms with Crippen molar-refractivity contribution in [3.05, 3.63) is 57.0 Å². The number of carbonyl (C=O) groups excluding carboxylic acids is 1. The van der Waals surface area contributed by atoms with Gasteiger partial charge in [-0.05, 0) is 62.3 Å². The second-order valence-corrected chi connectivity index (χ2v) is 8.84. The number of nitrogens with zero attached hydrogens (tertiary/aromatic N) is 2. The summed E-state index contributed by atoms with van der Waals surface area (Å²) in [5, 5.41) is 3.67. The third-order valence-electron chi connectivity index (χ3n) is 5.42. The summed E-state index contributed by atoms with van der Waals surface area (Å²) in [6, 6.07) is 7.91. The van der Waals surface area contributed by atoms with Gasteiger partial charge in [-0.25, -0.2) is 4.98 Å². The van der Waals surface area contributed by atoms with E-state index in [4.69, 9.17) is 4.74 Å². The molecule has 158 valence electrons. The first-order valence-corrected chi connectivity index (χ1v) is 11.4. The van der Waals surface area contributed by atoms with Crippen LogP contribution in [-0.4, -0.2) is 28.6 Å². The van der Waals surface area contributed by atoms with Crippen molar-refractivity contribution in [2.75, 3.05) is 13.2 Å². The fraction of sp³-hybridized carbons (Fsp3) is 0.435. The molecular weight excluding hydrogens is 398 g/mol. The van der Waals surface area contributed by atoms with Gasteiger partial charge in [-0.3, -0.25) is 14.2 Å². The molecule has 0 unspecified atom stereocenters. The number of fused-ring (bicyclic) bond motifs is 3. The van der Waals surface area contributed by atoms with Crippen molar-refractivity contribution < 1.29 is 9.53 Å². The monoisotopic (exact) mass is 425 g/mol. The number of aromatic nitrogens is 2. The summed E-state index contributed by atoms with van der Waals surface area (Å²) in [6.45, 7) is 3.47. The standard InChI is InChI=1S/C23H27N3O3S/c1-16-6-4-7-17(14-16)29-13-5-11-24-20(27)10-12-26-15-25-22-21(23(26)28)18-8-2-3-9-19(18)30-22/h4,6-7,14-15H,2-3,5,8-13H2,1H3,(H,24,27). The Morgan fingerprint density at radius 2 is 2.17 bits per heavy atom. The summed E-state index contributed by atoms with van der Waals surface area (Å²) in [6.07, 6.45) is 6.89. The lowest BCUT2D eigenvalue weighted by atomic mass is 9.97. The highest BCUT2D eigenvalue weighted by Gasteiger charge is 2.20. The Balaban J connectivity index is 1.25. The third kappa shape index (κ3) is 4.73. The van der Waals surface area contributed by atoms with Crippen molar-refractivity contribution in [1.82, 2.24) is 14.9 Å². The molecule has 0 fully saturated rings. The molecule has 1 aromatic carbocycles. The highest BCUT2D eigenvalue weighted by molar-refractivity contribution is 7.18. The maximum atomic E-state index is 12.9. The summed E-state index contributed by atoms with van der Waals surface area (Å²) < 4.78 is 7.26.